The highest BCUT2D eigenvalue weighted by Crippen LogP contribution is 2.28. The number of carbonyl (C=O) groups excluding carboxylic acids is 2. The van der Waals surface area contributed by atoms with Gasteiger partial charge in [0.05, 0.1) is 20.4 Å². The van der Waals surface area contributed by atoms with Gasteiger partial charge < -0.3 is 24.4 Å². The first kappa shape index (κ1) is 21.4. The van der Waals surface area contributed by atoms with Crippen LogP contribution >= 0.6 is 0 Å². The van der Waals surface area contributed by atoms with Crippen LogP contribution in [0.15, 0.2) is 64.1 Å². The first-order valence-electron chi connectivity index (χ1n) is 9.17. The zero-order valence-corrected chi connectivity index (χ0v) is 17.0. The van der Waals surface area contributed by atoms with Crippen molar-refractivity contribution in [3.63, 3.8) is 0 Å². The summed E-state index contributed by atoms with van der Waals surface area (Å²) in [5.41, 5.74) is 9.77. The Morgan fingerprint density at radius 2 is 1.84 bits per heavy atom. The number of amides is 1. The summed E-state index contributed by atoms with van der Waals surface area (Å²) in [7, 11) is 2.79. The van der Waals surface area contributed by atoms with Crippen molar-refractivity contribution in [2.75, 3.05) is 20.0 Å². The van der Waals surface area contributed by atoms with Crippen molar-refractivity contribution in [1.82, 2.24) is 5.43 Å². The van der Waals surface area contributed by atoms with Crippen LogP contribution in [0.5, 0.6) is 11.5 Å². The Labute approximate surface area is 178 Å². The Kier molecular flexibility index (Phi) is 6.89. The maximum Gasteiger partial charge on any atom is 0.373 e. The second kappa shape index (κ2) is 9.97. The number of rotatable bonds is 8. The number of hydrogen-bond acceptors (Lipinski definition) is 8. The van der Waals surface area contributed by atoms with Crippen LogP contribution in [-0.4, -0.2) is 32.3 Å². The van der Waals surface area contributed by atoms with Crippen molar-refractivity contribution in [3.8, 4) is 11.5 Å². The molecule has 0 fully saturated rings. The van der Waals surface area contributed by atoms with Gasteiger partial charge in [-0.3, -0.25) is 4.79 Å². The van der Waals surface area contributed by atoms with Gasteiger partial charge in [0.2, 0.25) is 5.76 Å². The standard InChI is InChI=1S/C22H21N3O6/c1-28-20-11-14(12-24-25-21(26)15-4-6-16(23)7-5-15)3-9-18(20)30-13-17-8-10-19(31-17)22(27)29-2/h3-12H,13,23H2,1-2H3,(H,25,26)/b24-12+. The highest BCUT2D eigenvalue weighted by Gasteiger charge is 2.12. The lowest BCUT2D eigenvalue weighted by Gasteiger charge is -2.10. The summed E-state index contributed by atoms with van der Waals surface area (Å²) in [6, 6.07) is 14.8. The molecule has 3 N–H and O–H groups in total. The van der Waals surface area contributed by atoms with Gasteiger partial charge in [-0.15, -0.1) is 0 Å². The smallest absolute Gasteiger partial charge is 0.373 e. The van der Waals surface area contributed by atoms with Crippen LogP contribution in [-0.2, 0) is 11.3 Å². The van der Waals surface area contributed by atoms with Gasteiger partial charge in [-0.1, -0.05) is 0 Å². The minimum atomic E-state index is -0.559. The van der Waals surface area contributed by atoms with E-state index in [1.54, 1.807) is 48.5 Å². The SMILES string of the molecule is COC(=O)c1ccc(COc2ccc(/C=N/NC(=O)c3ccc(N)cc3)cc2OC)o1. The Morgan fingerprint density at radius 1 is 1.06 bits per heavy atom. The lowest BCUT2D eigenvalue weighted by molar-refractivity contribution is 0.0560. The molecule has 3 rings (SSSR count). The summed E-state index contributed by atoms with van der Waals surface area (Å²) in [5.74, 6) is 0.582. The molecule has 0 aliphatic rings. The average Bonchev–Trinajstić information content (AvgIpc) is 3.27. The van der Waals surface area contributed by atoms with Crippen LogP contribution in [0.3, 0.4) is 0 Å². The molecule has 3 aromatic rings. The molecule has 1 amide bonds. The molecule has 0 aliphatic heterocycles. The molecule has 0 saturated heterocycles. The van der Waals surface area contributed by atoms with Crippen molar-refractivity contribution in [2.45, 2.75) is 6.61 Å². The number of furan rings is 1. The van der Waals surface area contributed by atoms with E-state index in [9.17, 15) is 9.59 Å². The third-order valence-electron chi connectivity index (χ3n) is 4.16. The largest absolute Gasteiger partial charge is 0.493 e. The van der Waals surface area contributed by atoms with Crippen molar-refractivity contribution in [2.24, 2.45) is 5.10 Å². The minimum Gasteiger partial charge on any atom is -0.493 e. The predicted molar refractivity (Wildman–Crippen MR) is 113 cm³/mol. The monoisotopic (exact) mass is 423 g/mol. The van der Waals surface area contributed by atoms with Gasteiger partial charge in [0.1, 0.15) is 12.4 Å². The number of anilines is 1. The van der Waals surface area contributed by atoms with Gasteiger partial charge in [0, 0.05) is 11.3 Å². The van der Waals surface area contributed by atoms with Crippen LogP contribution < -0.4 is 20.6 Å². The van der Waals surface area contributed by atoms with E-state index in [1.165, 1.54) is 26.5 Å². The Morgan fingerprint density at radius 3 is 2.55 bits per heavy atom. The molecule has 0 spiro atoms. The normalized spacial score (nSPS) is 10.6. The quantitative estimate of drug-likeness (QED) is 0.247. The molecule has 2 aromatic carbocycles. The molecule has 1 heterocycles. The van der Waals surface area contributed by atoms with Gasteiger partial charge in [0.25, 0.3) is 5.91 Å². The number of nitrogens with zero attached hydrogens (tertiary/aromatic N) is 1. The fraction of sp³-hybridized carbons (Fsp3) is 0.136. The zero-order chi connectivity index (χ0) is 22.2. The summed E-state index contributed by atoms with van der Waals surface area (Å²) < 4.78 is 21.0. The van der Waals surface area contributed by atoms with Crippen LogP contribution in [0.1, 0.15) is 32.2 Å². The number of hydrazone groups is 1. The summed E-state index contributed by atoms with van der Waals surface area (Å²) >= 11 is 0. The van der Waals surface area contributed by atoms with Crippen molar-refractivity contribution < 1.29 is 28.2 Å². The number of hydrogen-bond donors (Lipinski definition) is 2. The van der Waals surface area contributed by atoms with Crippen LogP contribution in [0.2, 0.25) is 0 Å². The molecule has 0 bridgehead atoms. The Balaban J connectivity index is 1.60. The number of methoxy groups -OCH3 is 2. The molecule has 0 saturated carbocycles. The number of nitrogens with one attached hydrogen (secondary N) is 1. The molecule has 0 radical (unpaired) electrons. The highest BCUT2D eigenvalue weighted by molar-refractivity contribution is 5.95. The molecule has 1 aromatic heterocycles. The fourth-order valence-electron chi connectivity index (χ4n) is 2.56. The maximum absolute atomic E-state index is 12.1. The average molecular weight is 423 g/mol. The molecular weight excluding hydrogens is 402 g/mol. The van der Waals surface area contributed by atoms with Crippen molar-refractivity contribution >= 4 is 23.8 Å². The second-order valence-electron chi connectivity index (χ2n) is 6.28. The number of carbonyl (C=O) groups is 2. The predicted octanol–water partition coefficient (Wildman–Crippen LogP) is 3.00. The first-order valence-corrected chi connectivity index (χ1v) is 9.17. The second-order valence-corrected chi connectivity index (χ2v) is 6.28. The van der Waals surface area contributed by atoms with Crippen LogP contribution in [0, 0.1) is 0 Å². The number of ether oxygens (including phenoxy) is 3. The van der Waals surface area contributed by atoms with Gasteiger partial charge in [0.15, 0.2) is 11.5 Å². The Bertz CT molecular complexity index is 1090. The van der Waals surface area contributed by atoms with E-state index >= 15 is 0 Å². The molecule has 9 heteroatoms. The third-order valence-corrected chi connectivity index (χ3v) is 4.16. The molecular formula is C22H21N3O6. The van der Waals surface area contributed by atoms with Gasteiger partial charge >= 0.3 is 5.97 Å². The van der Waals surface area contributed by atoms with Crippen molar-refractivity contribution in [1.29, 1.82) is 0 Å². The molecule has 0 atom stereocenters. The number of benzene rings is 2. The van der Waals surface area contributed by atoms with Gasteiger partial charge in [-0.25, -0.2) is 10.2 Å². The molecule has 0 unspecified atom stereocenters. The summed E-state index contributed by atoms with van der Waals surface area (Å²) in [4.78, 5) is 23.5. The maximum atomic E-state index is 12.1. The van der Waals surface area contributed by atoms with E-state index in [0.29, 0.717) is 34.1 Å². The van der Waals surface area contributed by atoms with Crippen LogP contribution in [0.4, 0.5) is 5.69 Å². The minimum absolute atomic E-state index is 0.0957. The fourth-order valence-corrected chi connectivity index (χ4v) is 2.56. The van der Waals surface area contributed by atoms with E-state index in [-0.39, 0.29) is 18.3 Å². The lowest BCUT2D eigenvalue weighted by Crippen LogP contribution is -2.17. The van der Waals surface area contributed by atoms with Gasteiger partial charge in [-0.2, -0.15) is 5.10 Å². The molecule has 31 heavy (non-hydrogen) atoms. The number of nitrogen functional groups attached to an aromatic ring is 1. The Hall–Kier alpha value is -4.27. The van der Waals surface area contributed by atoms with E-state index < -0.39 is 5.97 Å². The summed E-state index contributed by atoms with van der Waals surface area (Å²) in [6.07, 6.45) is 1.48. The van der Waals surface area contributed by atoms with E-state index in [0.717, 1.165) is 0 Å². The highest BCUT2D eigenvalue weighted by atomic mass is 16.5. The number of esters is 1. The summed E-state index contributed by atoms with van der Waals surface area (Å²) in [6.45, 7) is 0.0957. The zero-order valence-electron chi connectivity index (χ0n) is 17.0. The van der Waals surface area contributed by atoms with E-state index in [1.807, 2.05) is 0 Å². The van der Waals surface area contributed by atoms with Gasteiger partial charge in [-0.05, 0) is 60.2 Å². The lowest BCUT2D eigenvalue weighted by atomic mass is 10.2. The first-order chi connectivity index (χ1) is 15.0. The third kappa shape index (κ3) is 5.63. The summed E-state index contributed by atoms with van der Waals surface area (Å²) in [5, 5.41) is 3.96. The van der Waals surface area contributed by atoms with E-state index in [2.05, 4.69) is 15.3 Å². The molecule has 9 nitrogen and oxygen atoms in total. The topological polar surface area (TPSA) is 125 Å². The van der Waals surface area contributed by atoms with E-state index in [4.69, 9.17) is 19.6 Å². The van der Waals surface area contributed by atoms with Crippen molar-refractivity contribution in [3.05, 3.63) is 77.2 Å². The molecule has 160 valence electrons. The molecule has 0 aliphatic carbocycles. The van der Waals surface area contributed by atoms with Crippen LogP contribution in [0.25, 0.3) is 0 Å². The number of nitrogens with two attached hydrogens (primary N) is 1.